The molecule has 0 aliphatic rings. The van der Waals surface area contributed by atoms with Crippen molar-refractivity contribution in [3.63, 3.8) is 0 Å². The number of nitrogen functional groups attached to an aromatic ring is 1. The average molecular weight is 198 g/mol. The van der Waals surface area contributed by atoms with E-state index in [0.29, 0.717) is 22.8 Å². The Labute approximate surface area is 82.4 Å². The standard InChI is InChI=1S/C9H12ClN3/c1-2-3-7(11)9-8(12)4-6(10)5-13-9/h2,4-5,7H,1,3,11-12H2. The molecule has 4 heteroatoms. The number of anilines is 1. The van der Waals surface area contributed by atoms with Gasteiger partial charge in [-0.05, 0) is 12.5 Å². The van der Waals surface area contributed by atoms with Crippen LogP contribution < -0.4 is 11.5 Å². The van der Waals surface area contributed by atoms with Crippen LogP contribution in [0, 0.1) is 0 Å². The number of nitrogens with two attached hydrogens (primary N) is 2. The molecule has 70 valence electrons. The Morgan fingerprint density at radius 1 is 1.69 bits per heavy atom. The van der Waals surface area contributed by atoms with Gasteiger partial charge in [-0.2, -0.15) is 0 Å². The van der Waals surface area contributed by atoms with Gasteiger partial charge < -0.3 is 11.5 Å². The zero-order valence-electron chi connectivity index (χ0n) is 7.20. The highest BCUT2D eigenvalue weighted by molar-refractivity contribution is 6.30. The molecule has 1 unspecified atom stereocenters. The first-order valence-electron chi connectivity index (χ1n) is 3.92. The fourth-order valence-corrected chi connectivity index (χ4v) is 1.23. The van der Waals surface area contributed by atoms with E-state index in [2.05, 4.69) is 11.6 Å². The Morgan fingerprint density at radius 3 is 2.92 bits per heavy atom. The van der Waals surface area contributed by atoms with E-state index in [0.717, 1.165) is 0 Å². The van der Waals surface area contributed by atoms with E-state index in [1.807, 2.05) is 0 Å². The van der Waals surface area contributed by atoms with Crippen LogP contribution in [-0.2, 0) is 0 Å². The summed E-state index contributed by atoms with van der Waals surface area (Å²) in [7, 11) is 0. The summed E-state index contributed by atoms with van der Waals surface area (Å²) >= 11 is 5.70. The fourth-order valence-electron chi connectivity index (χ4n) is 1.07. The first-order chi connectivity index (χ1) is 6.15. The lowest BCUT2D eigenvalue weighted by atomic mass is 10.1. The van der Waals surface area contributed by atoms with E-state index in [1.54, 1.807) is 12.1 Å². The smallest absolute Gasteiger partial charge is 0.0803 e. The van der Waals surface area contributed by atoms with Crippen molar-refractivity contribution < 1.29 is 0 Å². The molecule has 0 spiro atoms. The van der Waals surface area contributed by atoms with Crippen molar-refractivity contribution in [1.82, 2.24) is 4.98 Å². The van der Waals surface area contributed by atoms with Crippen LogP contribution in [0.2, 0.25) is 5.02 Å². The second-order valence-corrected chi connectivity index (χ2v) is 3.20. The van der Waals surface area contributed by atoms with Crippen molar-refractivity contribution in [2.75, 3.05) is 5.73 Å². The van der Waals surface area contributed by atoms with Gasteiger partial charge in [-0.25, -0.2) is 0 Å². The molecular formula is C9H12ClN3. The van der Waals surface area contributed by atoms with E-state index in [1.165, 1.54) is 6.20 Å². The third-order valence-corrected chi connectivity index (χ3v) is 1.89. The Hall–Kier alpha value is -1.06. The lowest BCUT2D eigenvalue weighted by Crippen LogP contribution is -2.13. The minimum Gasteiger partial charge on any atom is -0.397 e. The van der Waals surface area contributed by atoms with Crippen LogP contribution in [0.4, 0.5) is 5.69 Å². The molecule has 1 atom stereocenters. The molecule has 0 radical (unpaired) electrons. The first kappa shape index (κ1) is 10.0. The molecule has 13 heavy (non-hydrogen) atoms. The quantitative estimate of drug-likeness (QED) is 0.728. The van der Waals surface area contributed by atoms with Gasteiger partial charge in [0.15, 0.2) is 0 Å². The monoisotopic (exact) mass is 197 g/mol. The molecule has 4 N–H and O–H groups in total. The lowest BCUT2D eigenvalue weighted by molar-refractivity contribution is 0.717. The Kier molecular flexibility index (Phi) is 3.28. The maximum Gasteiger partial charge on any atom is 0.0803 e. The lowest BCUT2D eigenvalue weighted by Gasteiger charge is -2.10. The number of hydrogen-bond donors (Lipinski definition) is 2. The molecule has 0 amide bonds. The van der Waals surface area contributed by atoms with Gasteiger partial charge in [0.05, 0.1) is 22.4 Å². The summed E-state index contributed by atoms with van der Waals surface area (Å²) in [6.07, 6.45) is 3.93. The van der Waals surface area contributed by atoms with E-state index in [9.17, 15) is 0 Å². The van der Waals surface area contributed by atoms with Gasteiger partial charge in [0.2, 0.25) is 0 Å². The summed E-state index contributed by atoms with van der Waals surface area (Å²) in [5, 5.41) is 0.520. The van der Waals surface area contributed by atoms with E-state index in [-0.39, 0.29) is 6.04 Å². The van der Waals surface area contributed by atoms with Gasteiger partial charge in [0.25, 0.3) is 0 Å². The molecule has 0 fully saturated rings. The minimum atomic E-state index is -0.199. The highest BCUT2D eigenvalue weighted by Gasteiger charge is 2.09. The van der Waals surface area contributed by atoms with Gasteiger partial charge >= 0.3 is 0 Å². The van der Waals surface area contributed by atoms with Crippen LogP contribution >= 0.6 is 11.6 Å². The number of hydrogen-bond acceptors (Lipinski definition) is 3. The van der Waals surface area contributed by atoms with Crippen LogP contribution in [0.3, 0.4) is 0 Å². The second-order valence-electron chi connectivity index (χ2n) is 2.76. The maximum absolute atomic E-state index is 5.80. The number of pyridine rings is 1. The van der Waals surface area contributed by atoms with Gasteiger partial charge in [-0.1, -0.05) is 17.7 Å². The molecule has 0 aliphatic carbocycles. The molecule has 0 aliphatic heterocycles. The van der Waals surface area contributed by atoms with Crippen molar-refractivity contribution in [3.8, 4) is 0 Å². The zero-order chi connectivity index (χ0) is 9.84. The Morgan fingerprint density at radius 2 is 2.38 bits per heavy atom. The third kappa shape index (κ3) is 2.44. The van der Waals surface area contributed by atoms with E-state index in [4.69, 9.17) is 23.1 Å². The Bertz CT molecular complexity index is 312. The van der Waals surface area contributed by atoms with Crippen molar-refractivity contribution in [1.29, 1.82) is 0 Å². The highest BCUT2D eigenvalue weighted by atomic mass is 35.5. The van der Waals surface area contributed by atoms with Crippen LogP contribution in [-0.4, -0.2) is 4.98 Å². The molecule has 0 bridgehead atoms. The molecule has 0 saturated carbocycles. The molecule has 1 heterocycles. The van der Waals surface area contributed by atoms with Gasteiger partial charge in [0, 0.05) is 6.20 Å². The molecule has 1 rings (SSSR count). The largest absolute Gasteiger partial charge is 0.397 e. The summed E-state index contributed by atoms with van der Waals surface area (Å²) in [5.41, 5.74) is 12.7. The van der Waals surface area contributed by atoms with Crippen molar-refractivity contribution in [2.45, 2.75) is 12.5 Å². The number of nitrogens with zero attached hydrogens (tertiary/aromatic N) is 1. The summed E-state index contributed by atoms with van der Waals surface area (Å²) in [4.78, 5) is 4.07. The summed E-state index contributed by atoms with van der Waals surface area (Å²) in [6.45, 7) is 3.60. The van der Waals surface area contributed by atoms with Gasteiger partial charge in [-0.3, -0.25) is 4.98 Å². The molecule has 0 aromatic carbocycles. The van der Waals surface area contributed by atoms with Crippen molar-refractivity contribution >= 4 is 17.3 Å². The maximum atomic E-state index is 5.80. The predicted octanol–water partition coefficient (Wildman–Crippen LogP) is 1.89. The van der Waals surface area contributed by atoms with Crippen LogP contribution in [0.15, 0.2) is 24.9 Å². The van der Waals surface area contributed by atoms with Gasteiger partial charge in [-0.15, -0.1) is 6.58 Å². The normalized spacial score (nSPS) is 12.5. The topological polar surface area (TPSA) is 64.9 Å². The molecule has 0 saturated heterocycles. The third-order valence-electron chi connectivity index (χ3n) is 1.69. The van der Waals surface area contributed by atoms with Crippen LogP contribution in [0.1, 0.15) is 18.2 Å². The van der Waals surface area contributed by atoms with E-state index >= 15 is 0 Å². The minimum absolute atomic E-state index is 0.199. The first-order valence-corrected chi connectivity index (χ1v) is 4.30. The molecule has 1 aromatic heterocycles. The number of halogens is 1. The molecule has 3 nitrogen and oxygen atoms in total. The summed E-state index contributed by atoms with van der Waals surface area (Å²) in [6, 6.07) is 1.45. The zero-order valence-corrected chi connectivity index (χ0v) is 7.96. The van der Waals surface area contributed by atoms with Crippen LogP contribution in [0.5, 0.6) is 0 Å². The average Bonchev–Trinajstić information content (AvgIpc) is 2.04. The second kappa shape index (κ2) is 4.25. The molecule has 1 aromatic rings. The van der Waals surface area contributed by atoms with Crippen LogP contribution in [0.25, 0.3) is 0 Å². The predicted molar refractivity (Wildman–Crippen MR) is 55.4 cm³/mol. The highest BCUT2D eigenvalue weighted by Crippen LogP contribution is 2.21. The number of aromatic nitrogens is 1. The Balaban J connectivity index is 2.94. The van der Waals surface area contributed by atoms with Gasteiger partial charge in [0.1, 0.15) is 0 Å². The SMILES string of the molecule is C=CCC(N)c1ncc(Cl)cc1N. The van der Waals surface area contributed by atoms with Crippen molar-refractivity contribution in [3.05, 3.63) is 35.6 Å². The molecular weight excluding hydrogens is 186 g/mol. The van der Waals surface area contributed by atoms with Crippen molar-refractivity contribution in [2.24, 2.45) is 5.73 Å². The van der Waals surface area contributed by atoms with E-state index < -0.39 is 0 Å². The number of rotatable bonds is 3. The fraction of sp³-hybridized carbons (Fsp3) is 0.222. The summed E-state index contributed by atoms with van der Waals surface area (Å²) in [5.74, 6) is 0. The summed E-state index contributed by atoms with van der Waals surface area (Å²) < 4.78 is 0.